The Kier molecular flexibility index (Phi) is 4.82. The predicted molar refractivity (Wildman–Crippen MR) is 69.5 cm³/mol. The van der Waals surface area contributed by atoms with E-state index in [0.717, 1.165) is 11.3 Å². The second-order valence-corrected chi connectivity index (χ2v) is 4.77. The van der Waals surface area contributed by atoms with Gasteiger partial charge in [-0.25, -0.2) is 0 Å². The highest BCUT2D eigenvalue weighted by Crippen LogP contribution is 2.24. The van der Waals surface area contributed by atoms with Crippen LogP contribution in [-0.2, 0) is 4.79 Å². The van der Waals surface area contributed by atoms with Gasteiger partial charge in [-0.05, 0) is 31.5 Å². The maximum absolute atomic E-state index is 11.7. The minimum Gasteiger partial charge on any atom is -0.491 e. The van der Waals surface area contributed by atoms with Gasteiger partial charge in [-0.1, -0.05) is 12.1 Å². The third-order valence-electron chi connectivity index (χ3n) is 2.20. The molecular weight excluding hydrogens is 238 g/mol. The van der Waals surface area contributed by atoms with E-state index >= 15 is 0 Å². The molecule has 94 valence electrons. The molecule has 1 unspecified atom stereocenters. The number of rotatable bonds is 4. The Morgan fingerprint density at radius 2 is 1.76 bits per heavy atom. The Morgan fingerprint density at radius 3 is 2.18 bits per heavy atom. The third kappa shape index (κ3) is 3.93. The smallest absolute Gasteiger partial charge is 0.244 e. The fourth-order valence-electron chi connectivity index (χ4n) is 1.36. The van der Waals surface area contributed by atoms with Crippen molar-refractivity contribution >= 4 is 17.5 Å². The van der Waals surface area contributed by atoms with E-state index < -0.39 is 5.38 Å². The van der Waals surface area contributed by atoms with Gasteiger partial charge in [0.05, 0.1) is 6.10 Å². The van der Waals surface area contributed by atoms with Crippen LogP contribution in [-0.4, -0.2) is 31.0 Å². The van der Waals surface area contributed by atoms with E-state index in [2.05, 4.69) is 0 Å². The molecule has 0 spiro atoms. The summed E-state index contributed by atoms with van der Waals surface area (Å²) in [5.41, 5.74) is 0.779. The molecule has 0 saturated carbocycles. The Hall–Kier alpha value is -1.22. The molecular formula is C13H18ClNO2. The average molecular weight is 256 g/mol. The lowest BCUT2D eigenvalue weighted by atomic mass is 10.1. The number of likely N-dealkylation sites (N-methyl/N-ethyl adjacent to an activating group) is 1. The molecule has 1 aromatic rings. The van der Waals surface area contributed by atoms with E-state index in [0.29, 0.717) is 0 Å². The molecule has 0 radical (unpaired) electrons. The second kappa shape index (κ2) is 5.92. The van der Waals surface area contributed by atoms with Gasteiger partial charge in [0.2, 0.25) is 5.91 Å². The molecule has 0 aromatic heterocycles. The summed E-state index contributed by atoms with van der Waals surface area (Å²) in [5.74, 6) is 0.661. The Bertz CT molecular complexity index is 374. The van der Waals surface area contributed by atoms with Gasteiger partial charge in [-0.2, -0.15) is 0 Å². The molecule has 0 heterocycles. The maximum Gasteiger partial charge on any atom is 0.244 e. The van der Waals surface area contributed by atoms with Crippen LogP contribution in [0, 0.1) is 0 Å². The third-order valence-corrected chi connectivity index (χ3v) is 2.64. The zero-order chi connectivity index (χ0) is 13.0. The van der Waals surface area contributed by atoms with Gasteiger partial charge in [-0.3, -0.25) is 4.79 Å². The maximum atomic E-state index is 11.7. The first kappa shape index (κ1) is 13.8. The van der Waals surface area contributed by atoms with Crippen LogP contribution in [0.5, 0.6) is 5.75 Å². The SMILES string of the molecule is CC(C)Oc1ccc(C(Cl)C(=O)N(C)C)cc1. The van der Waals surface area contributed by atoms with E-state index in [4.69, 9.17) is 16.3 Å². The summed E-state index contributed by atoms with van der Waals surface area (Å²) in [6.07, 6.45) is 0.135. The van der Waals surface area contributed by atoms with Crippen LogP contribution in [0.2, 0.25) is 0 Å². The highest BCUT2D eigenvalue weighted by Gasteiger charge is 2.19. The first-order valence-corrected chi connectivity index (χ1v) is 5.97. The number of alkyl halides is 1. The molecule has 0 fully saturated rings. The van der Waals surface area contributed by atoms with Crippen molar-refractivity contribution in [2.75, 3.05) is 14.1 Å². The molecule has 1 atom stereocenters. The fourth-order valence-corrected chi connectivity index (χ4v) is 1.70. The van der Waals surface area contributed by atoms with Crippen molar-refractivity contribution in [1.29, 1.82) is 0 Å². The minimum absolute atomic E-state index is 0.121. The molecule has 0 N–H and O–H groups in total. The van der Waals surface area contributed by atoms with Crippen molar-refractivity contribution in [3.8, 4) is 5.75 Å². The highest BCUT2D eigenvalue weighted by molar-refractivity contribution is 6.30. The Labute approximate surface area is 107 Å². The number of carbonyl (C=O) groups is 1. The summed E-state index contributed by atoms with van der Waals surface area (Å²) in [5, 5.41) is -0.641. The number of nitrogens with zero attached hydrogens (tertiary/aromatic N) is 1. The molecule has 3 nitrogen and oxygen atoms in total. The molecule has 0 aliphatic rings. The quantitative estimate of drug-likeness (QED) is 0.775. The number of amides is 1. The second-order valence-electron chi connectivity index (χ2n) is 4.33. The zero-order valence-electron chi connectivity index (χ0n) is 10.6. The van der Waals surface area contributed by atoms with Gasteiger partial charge in [0, 0.05) is 14.1 Å². The van der Waals surface area contributed by atoms with E-state index in [1.165, 1.54) is 4.90 Å². The van der Waals surface area contributed by atoms with Crippen molar-refractivity contribution in [3.05, 3.63) is 29.8 Å². The van der Waals surface area contributed by atoms with Crippen LogP contribution in [0.3, 0.4) is 0 Å². The molecule has 0 aliphatic heterocycles. The van der Waals surface area contributed by atoms with Gasteiger partial charge >= 0.3 is 0 Å². The van der Waals surface area contributed by atoms with Crippen molar-refractivity contribution in [2.45, 2.75) is 25.3 Å². The standard InChI is InChI=1S/C13H18ClNO2/c1-9(2)17-11-7-5-10(6-8-11)12(14)13(16)15(3)4/h5-9,12H,1-4H3. The molecule has 1 rings (SSSR count). The summed E-state index contributed by atoms with van der Waals surface area (Å²) >= 11 is 6.08. The lowest BCUT2D eigenvalue weighted by Gasteiger charge is -2.16. The molecule has 0 saturated heterocycles. The number of carbonyl (C=O) groups excluding carboxylic acids is 1. The van der Waals surface area contributed by atoms with Gasteiger partial charge in [0.25, 0.3) is 0 Å². The van der Waals surface area contributed by atoms with Crippen molar-refractivity contribution in [2.24, 2.45) is 0 Å². The van der Waals surface area contributed by atoms with Gasteiger partial charge in [0.15, 0.2) is 0 Å². The molecule has 0 aliphatic carbocycles. The fraction of sp³-hybridized carbons (Fsp3) is 0.462. The van der Waals surface area contributed by atoms with Crippen LogP contribution >= 0.6 is 11.6 Å². The van der Waals surface area contributed by atoms with E-state index in [1.54, 1.807) is 14.1 Å². The van der Waals surface area contributed by atoms with E-state index in [1.807, 2.05) is 38.1 Å². The Morgan fingerprint density at radius 1 is 1.24 bits per heavy atom. The Balaban J connectivity index is 2.77. The summed E-state index contributed by atoms with van der Waals surface area (Å²) in [4.78, 5) is 13.2. The predicted octanol–water partition coefficient (Wildman–Crippen LogP) is 2.84. The first-order chi connectivity index (χ1) is 7.91. The minimum atomic E-state index is -0.641. The van der Waals surface area contributed by atoms with E-state index in [-0.39, 0.29) is 12.0 Å². The lowest BCUT2D eigenvalue weighted by molar-refractivity contribution is -0.128. The van der Waals surface area contributed by atoms with Crippen molar-refractivity contribution in [3.63, 3.8) is 0 Å². The van der Waals surface area contributed by atoms with Crippen LogP contribution in [0.1, 0.15) is 24.8 Å². The van der Waals surface area contributed by atoms with Gasteiger partial charge < -0.3 is 9.64 Å². The number of halogens is 1. The summed E-state index contributed by atoms with van der Waals surface area (Å²) in [6.45, 7) is 3.93. The van der Waals surface area contributed by atoms with Gasteiger partial charge in [0.1, 0.15) is 11.1 Å². The van der Waals surface area contributed by atoms with Gasteiger partial charge in [-0.15, -0.1) is 11.6 Å². The van der Waals surface area contributed by atoms with Crippen LogP contribution < -0.4 is 4.74 Å². The van der Waals surface area contributed by atoms with E-state index in [9.17, 15) is 4.79 Å². The molecule has 0 bridgehead atoms. The van der Waals surface area contributed by atoms with Crippen LogP contribution in [0.15, 0.2) is 24.3 Å². The summed E-state index contributed by atoms with van der Waals surface area (Å²) in [6, 6.07) is 7.29. The molecule has 17 heavy (non-hydrogen) atoms. The lowest BCUT2D eigenvalue weighted by Crippen LogP contribution is -2.25. The first-order valence-electron chi connectivity index (χ1n) is 5.53. The van der Waals surface area contributed by atoms with Crippen molar-refractivity contribution in [1.82, 2.24) is 4.90 Å². The molecule has 4 heteroatoms. The molecule has 1 aromatic carbocycles. The number of benzene rings is 1. The topological polar surface area (TPSA) is 29.5 Å². The molecule has 1 amide bonds. The monoisotopic (exact) mass is 255 g/mol. The number of hydrogen-bond acceptors (Lipinski definition) is 2. The largest absolute Gasteiger partial charge is 0.491 e. The average Bonchev–Trinajstić information content (AvgIpc) is 2.27. The summed E-state index contributed by atoms with van der Waals surface area (Å²) < 4.78 is 5.52. The number of ether oxygens (including phenoxy) is 1. The zero-order valence-corrected chi connectivity index (χ0v) is 11.4. The van der Waals surface area contributed by atoms with Crippen molar-refractivity contribution < 1.29 is 9.53 Å². The number of hydrogen-bond donors (Lipinski definition) is 0. The van der Waals surface area contributed by atoms with Crippen LogP contribution in [0.4, 0.5) is 0 Å². The highest BCUT2D eigenvalue weighted by atomic mass is 35.5. The van der Waals surface area contributed by atoms with Crippen LogP contribution in [0.25, 0.3) is 0 Å². The normalized spacial score (nSPS) is 12.4. The summed E-state index contributed by atoms with van der Waals surface area (Å²) in [7, 11) is 3.38.